The van der Waals surface area contributed by atoms with Crippen molar-refractivity contribution >= 4 is 0 Å². The van der Waals surface area contributed by atoms with Crippen LogP contribution in [-0.4, -0.2) is 38.0 Å². The Morgan fingerprint density at radius 3 is 2.57 bits per heavy atom. The lowest BCUT2D eigenvalue weighted by molar-refractivity contribution is -0.0240. The predicted molar refractivity (Wildman–Crippen MR) is 123 cm³/mol. The van der Waals surface area contributed by atoms with E-state index in [0.29, 0.717) is 5.92 Å². The van der Waals surface area contributed by atoms with E-state index < -0.39 is 5.60 Å². The molecule has 0 radical (unpaired) electrons. The molecule has 2 aromatic rings. The first-order chi connectivity index (χ1) is 14.5. The molecule has 30 heavy (non-hydrogen) atoms. The first-order valence-corrected chi connectivity index (χ1v) is 11.2. The number of rotatable bonds is 10. The number of ether oxygens (including phenoxy) is 2. The summed E-state index contributed by atoms with van der Waals surface area (Å²) in [5, 5.41) is 15.1. The van der Waals surface area contributed by atoms with E-state index in [4.69, 9.17) is 9.47 Å². The van der Waals surface area contributed by atoms with E-state index >= 15 is 0 Å². The van der Waals surface area contributed by atoms with E-state index in [2.05, 4.69) is 49.5 Å². The molecule has 2 unspecified atom stereocenters. The van der Waals surface area contributed by atoms with Crippen LogP contribution in [-0.2, 0) is 12.8 Å². The minimum atomic E-state index is -0.626. The highest BCUT2D eigenvalue weighted by Gasteiger charge is 2.42. The second kappa shape index (κ2) is 10.3. The number of fused-ring (bicyclic) bond motifs is 1. The van der Waals surface area contributed by atoms with Gasteiger partial charge in [-0.25, -0.2) is 0 Å². The van der Waals surface area contributed by atoms with E-state index in [1.807, 2.05) is 12.1 Å². The minimum Gasteiger partial charge on any atom is -0.493 e. The van der Waals surface area contributed by atoms with Crippen LogP contribution in [0.15, 0.2) is 42.5 Å². The molecule has 0 heterocycles. The first kappa shape index (κ1) is 22.6. The number of aryl methyl sites for hydroxylation is 2. The largest absolute Gasteiger partial charge is 0.493 e. The Bertz CT molecular complexity index is 820. The van der Waals surface area contributed by atoms with Crippen molar-refractivity contribution in [2.75, 3.05) is 27.3 Å². The smallest absolute Gasteiger partial charge is 0.160 e. The maximum atomic E-state index is 11.5. The zero-order chi connectivity index (χ0) is 21.6. The zero-order valence-corrected chi connectivity index (χ0v) is 18.9. The Kier molecular flexibility index (Phi) is 7.79. The average molecular weight is 412 g/mol. The molecule has 4 heteroatoms. The summed E-state index contributed by atoms with van der Waals surface area (Å²) in [6.45, 7) is 6.24. The monoisotopic (exact) mass is 411 g/mol. The molecule has 2 aromatic carbocycles. The number of hydrogen-bond donors (Lipinski definition) is 2. The Morgan fingerprint density at radius 2 is 1.83 bits per heavy atom. The van der Waals surface area contributed by atoms with Gasteiger partial charge in [0.1, 0.15) is 0 Å². The molecule has 0 bridgehead atoms. The molecule has 1 aliphatic rings. The summed E-state index contributed by atoms with van der Waals surface area (Å²) in [5.41, 5.74) is 3.37. The van der Waals surface area contributed by atoms with Crippen LogP contribution in [0.2, 0.25) is 0 Å². The molecule has 3 rings (SSSR count). The van der Waals surface area contributed by atoms with Gasteiger partial charge in [-0.1, -0.05) is 44.2 Å². The van der Waals surface area contributed by atoms with Crippen LogP contribution < -0.4 is 14.8 Å². The summed E-state index contributed by atoms with van der Waals surface area (Å²) >= 11 is 0. The maximum Gasteiger partial charge on any atom is 0.160 e. The van der Waals surface area contributed by atoms with Gasteiger partial charge in [0, 0.05) is 5.92 Å². The van der Waals surface area contributed by atoms with Crippen LogP contribution in [0, 0.1) is 5.92 Å². The molecule has 164 valence electrons. The van der Waals surface area contributed by atoms with Crippen molar-refractivity contribution in [1.82, 2.24) is 5.32 Å². The lowest BCUT2D eigenvalue weighted by atomic mass is 9.66. The van der Waals surface area contributed by atoms with Gasteiger partial charge in [-0.3, -0.25) is 0 Å². The molecule has 2 atom stereocenters. The van der Waals surface area contributed by atoms with Gasteiger partial charge < -0.3 is 19.9 Å². The highest BCUT2D eigenvalue weighted by Crippen LogP contribution is 2.45. The average Bonchev–Trinajstić information content (AvgIpc) is 2.75. The Labute approximate surface area is 181 Å². The van der Waals surface area contributed by atoms with Gasteiger partial charge in [0.2, 0.25) is 0 Å². The van der Waals surface area contributed by atoms with Gasteiger partial charge >= 0.3 is 0 Å². The Hall–Kier alpha value is -2.04. The molecule has 0 spiro atoms. The molecule has 1 aliphatic carbocycles. The SMILES string of the molecule is COc1ccc(CCCNCCC2(O)CCc3ccccc3C2C(C)C)cc1OC. The molecule has 0 saturated heterocycles. The van der Waals surface area contributed by atoms with E-state index in [-0.39, 0.29) is 5.92 Å². The highest BCUT2D eigenvalue weighted by molar-refractivity contribution is 5.43. The maximum absolute atomic E-state index is 11.5. The molecule has 2 N–H and O–H groups in total. The Balaban J connectivity index is 1.48. The van der Waals surface area contributed by atoms with E-state index in [1.54, 1.807) is 14.2 Å². The summed E-state index contributed by atoms with van der Waals surface area (Å²) in [7, 11) is 3.33. The predicted octanol–water partition coefficient (Wildman–Crippen LogP) is 4.73. The van der Waals surface area contributed by atoms with E-state index in [0.717, 1.165) is 56.7 Å². The van der Waals surface area contributed by atoms with Crippen molar-refractivity contribution in [1.29, 1.82) is 0 Å². The van der Waals surface area contributed by atoms with Crippen LogP contribution in [0.5, 0.6) is 11.5 Å². The van der Waals surface area contributed by atoms with Crippen LogP contribution in [0.3, 0.4) is 0 Å². The van der Waals surface area contributed by atoms with Gasteiger partial charge in [-0.05, 0) is 79.9 Å². The quantitative estimate of drug-likeness (QED) is 0.555. The van der Waals surface area contributed by atoms with Crippen LogP contribution >= 0.6 is 0 Å². The van der Waals surface area contributed by atoms with Gasteiger partial charge in [0.05, 0.1) is 19.8 Å². The third kappa shape index (κ3) is 5.16. The number of hydrogen-bond acceptors (Lipinski definition) is 4. The zero-order valence-electron chi connectivity index (χ0n) is 18.9. The van der Waals surface area contributed by atoms with E-state index in [1.165, 1.54) is 16.7 Å². The topological polar surface area (TPSA) is 50.7 Å². The second-order valence-electron chi connectivity index (χ2n) is 8.82. The summed E-state index contributed by atoms with van der Waals surface area (Å²) in [5.74, 6) is 2.17. The normalized spacial score (nSPS) is 20.8. The van der Waals surface area contributed by atoms with Crippen molar-refractivity contribution < 1.29 is 14.6 Å². The summed E-state index contributed by atoms with van der Waals surface area (Å²) in [6, 6.07) is 14.7. The summed E-state index contributed by atoms with van der Waals surface area (Å²) in [4.78, 5) is 0. The molecule has 0 amide bonds. The summed E-state index contributed by atoms with van der Waals surface area (Å²) in [6.07, 6.45) is 4.64. The van der Waals surface area contributed by atoms with Gasteiger partial charge in [0.25, 0.3) is 0 Å². The number of nitrogens with one attached hydrogen (secondary N) is 1. The molecule has 0 aromatic heterocycles. The lowest BCUT2D eigenvalue weighted by Crippen LogP contribution is -2.44. The molecular formula is C26H37NO3. The first-order valence-electron chi connectivity index (χ1n) is 11.2. The molecular weight excluding hydrogens is 374 g/mol. The van der Waals surface area contributed by atoms with Crippen molar-refractivity contribution in [3.05, 3.63) is 59.2 Å². The van der Waals surface area contributed by atoms with Crippen LogP contribution in [0.4, 0.5) is 0 Å². The molecule has 0 fully saturated rings. The Morgan fingerprint density at radius 1 is 1.07 bits per heavy atom. The van der Waals surface area contributed by atoms with Crippen LogP contribution in [0.25, 0.3) is 0 Å². The van der Waals surface area contributed by atoms with Crippen molar-refractivity contribution in [3.8, 4) is 11.5 Å². The lowest BCUT2D eigenvalue weighted by Gasteiger charge is -2.43. The minimum absolute atomic E-state index is 0.205. The van der Waals surface area contributed by atoms with Crippen molar-refractivity contribution in [2.24, 2.45) is 5.92 Å². The fourth-order valence-corrected chi connectivity index (χ4v) is 5.00. The van der Waals surface area contributed by atoms with Crippen molar-refractivity contribution in [2.45, 2.75) is 57.5 Å². The second-order valence-corrected chi connectivity index (χ2v) is 8.82. The van der Waals surface area contributed by atoms with E-state index in [9.17, 15) is 5.11 Å². The molecule has 0 aliphatic heterocycles. The fourth-order valence-electron chi connectivity index (χ4n) is 5.00. The summed E-state index contributed by atoms with van der Waals surface area (Å²) < 4.78 is 10.7. The third-order valence-electron chi connectivity index (χ3n) is 6.46. The van der Waals surface area contributed by atoms with Gasteiger partial charge in [0.15, 0.2) is 11.5 Å². The number of methoxy groups -OCH3 is 2. The number of aliphatic hydroxyl groups is 1. The van der Waals surface area contributed by atoms with Crippen molar-refractivity contribution in [3.63, 3.8) is 0 Å². The molecule has 0 saturated carbocycles. The fraction of sp³-hybridized carbons (Fsp3) is 0.538. The number of benzene rings is 2. The van der Waals surface area contributed by atoms with Gasteiger partial charge in [-0.15, -0.1) is 0 Å². The van der Waals surface area contributed by atoms with Crippen LogP contribution in [0.1, 0.15) is 55.7 Å². The third-order valence-corrected chi connectivity index (χ3v) is 6.46. The van der Waals surface area contributed by atoms with Gasteiger partial charge in [-0.2, -0.15) is 0 Å². The highest BCUT2D eigenvalue weighted by atomic mass is 16.5. The standard InChI is InChI=1S/C26H37NO3/c1-19(2)25-22-10-6-5-9-21(22)13-14-26(25,28)15-17-27-16-7-8-20-11-12-23(29-3)24(18-20)30-4/h5-6,9-12,18-19,25,27-28H,7-8,13-17H2,1-4H3. The molecule has 4 nitrogen and oxygen atoms in total.